The van der Waals surface area contributed by atoms with Crippen LogP contribution in [0.5, 0.6) is 5.75 Å². The minimum absolute atomic E-state index is 0.0410. The molecule has 1 aromatic carbocycles. The van der Waals surface area contributed by atoms with Gasteiger partial charge in [0.2, 0.25) is 5.91 Å². The van der Waals surface area contributed by atoms with Crippen molar-refractivity contribution in [3.05, 3.63) is 64.1 Å². The zero-order valence-corrected chi connectivity index (χ0v) is 16.3. The zero-order valence-electron chi connectivity index (χ0n) is 16.3. The van der Waals surface area contributed by atoms with E-state index in [-0.39, 0.29) is 11.5 Å². The van der Waals surface area contributed by atoms with Gasteiger partial charge in [-0.15, -0.1) is 0 Å². The second kappa shape index (κ2) is 8.19. The Balaban J connectivity index is 1.27. The molecule has 2 aliphatic rings. The van der Waals surface area contributed by atoms with Gasteiger partial charge in [0.1, 0.15) is 5.75 Å². The standard InChI is InChI=1S/C22H27N3O3/c1-28-19-7-5-16(6-8-19)12-21(26)23-9-10-24-13-17-11-18(15-24)20-3-2-4-22(27)25(20)14-17/h2-8,17-18H,9-15H2,1H3,(H,23,26). The number of carbonyl (C=O) groups excluding carboxylic acids is 1. The van der Waals surface area contributed by atoms with Crippen molar-refractivity contribution < 1.29 is 9.53 Å². The first-order valence-corrected chi connectivity index (χ1v) is 9.94. The molecule has 1 N–H and O–H groups in total. The molecule has 2 aromatic rings. The summed E-state index contributed by atoms with van der Waals surface area (Å²) >= 11 is 0. The van der Waals surface area contributed by atoms with Crippen LogP contribution in [0.4, 0.5) is 0 Å². The van der Waals surface area contributed by atoms with Crippen LogP contribution in [0.25, 0.3) is 0 Å². The number of aromatic nitrogens is 1. The highest BCUT2D eigenvalue weighted by Gasteiger charge is 2.34. The summed E-state index contributed by atoms with van der Waals surface area (Å²) < 4.78 is 7.09. The SMILES string of the molecule is COc1ccc(CC(=O)NCCN2CC3CC(C2)c2cccc(=O)n2C3)cc1. The molecule has 2 bridgehead atoms. The lowest BCUT2D eigenvalue weighted by atomic mass is 9.83. The van der Waals surface area contributed by atoms with Crippen molar-refractivity contribution in [3.8, 4) is 5.75 Å². The second-order valence-corrected chi connectivity index (χ2v) is 7.83. The Bertz CT molecular complexity index is 891. The third-order valence-electron chi connectivity index (χ3n) is 5.83. The van der Waals surface area contributed by atoms with Crippen LogP contribution >= 0.6 is 0 Å². The molecule has 2 atom stereocenters. The van der Waals surface area contributed by atoms with E-state index in [9.17, 15) is 9.59 Å². The number of amides is 1. The number of nitrogens with one attached hydrogen (secondary N) is 1. The molecule has 1 fully saturated rings. The Hall–Kier alpha value is -2.60. The number of rotatable bonds is 6. The number of ether oxygens (including phenoxy) is 1. The first-order chi connectivity index (χ1) is 13.6. The summed E-state index contributed by atoms with van der Waals surface area (Å²) in [6.07, 6.45) is 1.54. The highest BCUT2D eigenvalue weighted by atomic mass is 16.5. The third-order valence-corrected chi connectivity index (χ3v) is 5.83. The molecule has 1 aromatic heterocycles. The largest absolute Gasteiger partial charge is 0.497 e. The van der Waals surface area contributed by atoms with Crippen LogP contribution in [0, 0.1) is 5.92 Å². The molecule has 0 radical (unpaired) electrons. The normalized spacial score (nSPS) is 21.0. The molecule has 28 heavy (non-hydrogen) atoms. The van der Waals surface area contributed by atoms with Gasteiger partial charge in [-0.2, -0.15) is 0 Å². The maximum atomic E-state index is 12.2. The van der Waals surface area contributed by atoms with Gasteiger partial charge < -0.3 is 19.5 Å². The van der Waals surface area contributed by atoms with Crippen LogP contribution in [0.1, 0.15) is 23.6 Å². The van der Waals surface area contributed by atoms with Crippen LogP contribution in [-0.2, 0) is 17.8 Å². The minimum Gasteiger partial charge on any atom is -0.497 e. The predicted molar refractivity (Wildman–Crippen MR) is 108 cm³/mol. The number of pyridine rings is 1. The van der Waals surface area contributed by atoms with E-state index in [1.54, 1.807) is 13.2 Å². The number of methoxy groups -OCH3 is 1. The molecule has 148 valence electrons. The molecule has 1 saturated heterocycles. The molecule has 6 nitrogen and oxygen atoms in total. The van der Waals surface area contributed by atoms with Gasteiger partial charge in [0.05, 0.1) is 13.5 Å². The van der Waals surface area contributed by atoms with Gasteiger partial charge in [-0.05, 0) is 36.1 Å². The topological polar surface area (TPSA) is 63.6 Å². The van der Waals surface area contributed by atoms with E-state index in [0.29, 0.717) is 24.8 Å². The van der Waals surface area contributed by atoms with E-state index in [1.807, 2.05) is 34.9 Å². The van der Waals surface area contributed by atoms with Gasteiger partial charge in [-0.25, -0.2) is 0 Å². The summed E-state index contributed by atoms with van der Waals surface area (Å²) in [5.41, 5.74) is 2.26. The van der Waals surface area contributed by atoms with Gasteiger partial charge in [0.15, 0.2) is 0 Å². The zero-order chi connectivity index (χ0) is 19.5. The maximum absolute atomic E-state index is 12.2. The van der Waals surface area contributed by atoms with E-state index in [1.165, 1.54) is 0 Å². The van der Waals surface area contributed by atoms with Crippen LogP contribution < -0.4 is 15.6 Å². The molecule has 2 aliphatic heterocycles. The summed E-state index contributed by atoms with van der Waals surface area (Å²) in [6, 6.07) is 13.2. The number of carbonyl (C=O) groups is 1. The molecule has 0 spiro atoms. The fourth-order valence-corrected chi connectivity index (χ4v) is 4.52. The summed E-state index contributed by atoms with van der Waals surface area (Å²) in [6.45, 7) is 4.25. The van der Waals surface area contributed by atoms with Crippen molar-refractivity contribution >= 4 is 5.91 Å². The highest BCUT2D eigenvalue weighted by Crippen LogP contribution is 2.34. The van der Waals surface area contributed by atoms with Crippen molar-refractivity contribution in [2.45, 2.75) is 25.3 Å². The van der Waals surface area contributed by atoms with Crippen molar-refractivity contribution in [1.29, 1.82) is 0 Å². The summed E-state index contributed by atoms with van der Waals surface area (Å²) in [5, 5.41) is 3.03. The Morgan fingerprint density at radius 3 is 2.75 bits per heavy atom. The van der Waals surface area contributed by atoms with E-state index < -0.39 is 0 Å². The summed E-state index contributed by atoms with van der Waals surface area (Å²) in [5.74, 6) is 1.76. The maximum Gasteiger partial charge on any atom is 0.250 e. The highest BCUT2D eigenvalue weighted by molar-refractivity contribution is 5.78. The van der Waals surface area contributed by atoms with E-state index in [2.05, 4.69) is 16.3 Å². The Labute approximate surface area is 165 Å². The van der Waals surface area contributed by atoms with E-state index in [0.717, 1.165) is 49.6 Å². The predicted octanol–water partition coefficient (Wildman–Crippen LogP) is 1.63. The minimum atomic E-state index is 0.0410. The monoisotopic (exact) mass is 381 g/mol. The molecule has 1 amide bonds. The van der Waals surface area contributed by atoms with Gasteiger partial charge in [0.25, 0.3) is 5.56 Å². The Morgan fingerprint density at radius 2 is 1.96 bits per heavy atom. The number of nitrogens with zero attached hydrogens (tertiary/aromatic N) is 2. The molecule has 0 saturated carbocycles. The number of likely N-dealkylation sites (tertiary alicyclic amines) is 1. The summed E-state index contributed by atoms with van der Waals surface area (Å²) in [7, 11) is 1.63. The quantitative estimate of drug-likeness (QED) is 0.826. The number of benzene rings is 1. The fraction of sp³-hybridized carbons (Fsp3) is 0.455. The lowest BCUT2D eigenvalue weighted by Gasteiger charge is -2.42. The van der Waals surface area contributed by atoms with Crippen LogP contribution in [0.15, 0.2) is 47.3 Å². The van der Waals surface area contributed by atoms with Gasteiger partial charge in [-0.3, -0.25) is 9.59 Å². The average molecular weight is 381 g/mol. The van der Waals surface area contributed by atoms with Crippen molar-refractivity contribution in [2.24, 2.45) is 5.92 Å². The number of piperidine rings is 1. The van der Waals surface area contributed by atoms with Crippen molar-refractivity contribution in [3.63, 3.8) is 0 Å². The first-order valence-electron chi connectivity index (χ1n) is 9.94. The molecule has 4 rings (SSSR count). The number of fused-ring (bicyclic) bond motifs is 4. The lowest BCUT2D eigenvalue weighted by molar-refractivity contribution is -0.120. The van der Waals surface area contributed by atoms with Crippen LogP contribution in [0.3, 0.4) is 0 Å². The molecule has 6 heteroatoms. The number of hydrogen-bond donors (Lipinski definition) is 1. The van der Waals surface area contributed by atoms with Crippen molar-refractivity contribution in [1.82, 2.24) is 14.8 Å². The van der Waals surface area contributed by atoms with Gasteiger partial charge in [0, 0.05) is 50.4 Å². The summed E-state index contributed by atoms with van der Waals surface area (Å²) in [4.78, 5) is 26.7. The Kier molecular flexibility index (Phi) is 5.48. The number of hydrogen-bond acceptors (Lipinski definition) is 4. The van der Waals surface area contributed by atoms with E-state index >= 15 is 0 Å². The molecule has 0 aliphatic carbocycles. The average Bonchev–Trinajstić information content (AvgIpc) is 2.69. The van der Waals surface area contributed by atoms with Crippen molar-refractivity contribution in [2.75, 3.05) is 33.3 Å². The molecular formula is C22H27N3O3. The lowest BCUT2D eigenvalue weighted by Crippen LogP contribution is -2.48. The van der Waals surface area contributed by atoms with Gasteiger partial charge in [-0.1, -0.05) is 18.2 Å². The first kappa shape index (κ1) is 18.7. The van der Waals surface area contributed by atoms with Crippen LogP contribution in [-0.4, -0.2) is 48.7 Å². The molecule has 2 unspecified atom stereocenters. The Morgan fingerprint density at radius 1 is 1.14 bits per heavy atom. The second-order valence-electron chi connectivity index (χ2n) is 7.83. The van der Waals surface area contributed by atoms with Crippen LogP contribution in [0.2, 0.25) is 0 Å². The molecular weight excluding hydrogens is 354 g/mol. The smallest absolute Gasteiger partial charge is 0.250 e. The third kappa shape index (κ3) is 4.12. The van der Waals surface area contributed by atoms with Gasteiger partial charge >= 0.3 is 0 Å². The fourth-order valence-electron chi connectivity index (χ4n) is 4.52. The molecule has 3 heterocycles. The van der Waals surface area contributed by atoms with E-state index in [4.69, 9.17) is 4.74 Å².